The molecule has 7 nitrogen and oxygen atoms in total. The number of aromatic nitrogens is 3. The van der Waals surface area contributed by atoms with Crippen LogP contribution in [-0.4, -0.2) is 32.6 Å². The molecule has 3 N–H and O–H groups in total. The van der Waals surface area contributed by atoms with Crippen molar-refractivity contribution in [3.63, 3.8) is 0 Å². The van der Waals surface area contributed by atoms with Crippen molar-refractivity contribution in [2.75, 3.05) is 11.6 Å². The molecule has 0 unspecified atom stereocenters. The number of unbranched alkanes of at least 4 members (excludes halogenated alkanes) is 2. The molecule has 0 saturated heterocycles. The van der Waals surface area contributed by atoms with Crippen LogP contribution in [0.5, 0.6) is 0 Å². The van der Waals surface area contributed by atoms with E-state index in [0.29, 0.717) is 0 Å². The number of amides is 1. The maximum absolute atomic E-state index is 11.8. The molecule has 0 spiro atoms. The topological polar surface area (TPSA) is 103 Å². The molecule has 0 bridgehead atoms. The first-order chi connectivity index (χ1) is 9.95. The summed E-state index contributed by atoms with van der Waals surface area (Å²) >= 11 is 1.10. The Balaban J connectivity index is 2.43. The zero-order chi connectivity index (χ0) is 15.8. The minimum absolute atomic E-state index is 0.0983. The molecule has 0 radical (unpaired) electrons. The molecule has 0 saturated carbocycles. The number of hydrogen-bond acceptors (Lipinski definition) is 6. The van der Waals surface area contributed by atoms with E-state index in [2.05, 4.69) is 22.4 Å². The van der Waals surface area contributed by atoms with Crippen molar-refractivity contribution in [2.45, 2.75) is 57.7 Å². The summed E-state index contributed by atoms with van der Waals surface area (Å²) in [6, 6.07) is 0.147. The summed E-state index contributed by atoms with van der Waals surface area (Å²) in [6.45, 7) is 5.68. The lowest BCUT2D eigenvalue weighted by Gasteiger charge is -2.13. The van der Waals surface area contributed by atoms with E-state index in [9.17, 15) is 9.59 Å². The van der Waals surface area contributed by atoms with Crippen molar-refractivity contribution in [3.05, 3.63) is 16.0 Å². The van der Waals surface area contributed by atoms with Crippen LogP contribution in [0.1, 0.15) is 45.2 Å². The van der Waals surface area contributed by atoms with Gasteiger partial charge in [-0.05, 0) is 20.3 Å². The van der Waals surface area contributed by atoms with Gasteiger partial charge in [-0.3, -0.25) is 9.59 Å². The van der Waals surface area contributed by atoms with Crippen LogP contribution in [0.4, 0.5) is 0 Å². The predicted molar refractivity (Wildman–Crippen MR) is 83.7 cm³/mol. The Labute approximate surface area is 128 Å². The molecular weight excluding hydrogens is 290 g/mol. The molecular formula is C13H23N5O2S. The second-order valence-electron chi connectivity index (χ2n) is 5.00. The highest BCUT2D eigenvalue weighted by Crippen LogP contribution is 2.11. The Kier molecular flexibility index (Phi) is 7.21. The number of rotatable bonds is 8. The first-order valence-electron chi connectivity index (χ1n) is 7.09. The van der Waals surface area contributed by atoms with Crippen LogP contribution in [0.25, 0.3) is 0 Å². The van der Waals surface area contributed by atoms with Gasteiger partial charge < -0.3 is 11.2 Å². The number of nitrogen functional groups attached to an aromatic ring is 1. The Morgan fingerprint density at radius 2 is 2.14 bits per heavy atom. The molecule has 1 aromatic heterocycles. The molecule has 0 fully saturated rings. The summed E-state index contributed by atoms with van der Waals surface area (Å²) in [5.41, 5.74) is -0.170. The molecule has 0 aliphatic carbocycles. The molecule has 1 aromatic rings. The minimum atomic E-state index is -0.402. The fraction of sp³-hybridized carbons (Fsp3) is 0.692. The van der Waals surface area contributed by atoms with E-state index in [4.69, 9.17) is 5.84 Å². The minimum Gasteiger partial charge on any atom is -0.353 e. The van der Waals surface area contributed by atoms with Crippen molar-refractivity contribution in [3.8, 4) is 0 Å². The number of carbonyl (C=O) groups is 1. The maximum Gasteiger partial charge on any atom is 0.294 e. The van der Waals surface area contributed by atoms with Crippen LogP contribution in [0.2, 0.25) is 0 Å². The monoisotopic (exact) mass is 313 g/mol. The normalized spacial score (nSPS) is 12.1. The SMILES string of the molecule is CCCCC[C@H](C)NC(=O)CSc1nnc(C)c(=O)n1N. The zero-order valence-corrected chi connectivity index (χ0v) is 13.6. The largest absolute Gasteiger partial charge is 0.353 e. The Morgan fingerprint density at radius 1 is 1.43 bits per heavy atom. The van der Waals surface area contributed by atoms with Gasteiger partial charge >= 0.3 is 0 Å². The zero-order valence-electron chi connectivity index (χ0n) is 12.8. The van der Waals surface area contributed by atoms with E-state index in [1.54, 1.807) is 0 Å². The number of hydrogen-bond donors (Lipinski definition) is 2. The molecule has 8 heteroatoms. The Morgan fingerprint density at radius 3 is 2.81 bits per heavy atom. The maximum atomic E-state index is 11.8. The smallest absolute Gasteiger partial charge is 0.294 e. The van der Waals surface area contributed by atoms with Gasteiger partial charge in [-0.2, -0.15) is 4.68 Å². The first-order valence-corrected chi connectivity index (χ1v) is 8.07. The molecule has 1 rings (SSSR count). The van der Waals surface area contributed by atoms with Crippen molar-refractivity contribution in [1.82, 2.24) is 20.2 Å². The van der Waals surface area contributed by atoms with Gasteiger partial charge in [0.25, 0.3) is 5.56 Å². The van der Waals surface area contributed by atoms with Crippen LogP contribution in [0.15, 0.2) is 9.95 Å². The predicted octanol–water partition coefficient (Wildman–Crippen LogP) is 0.838. The third-order valence-corrected chi connectivity index (χ3v) is 3.94. The molecule has 1 amide bonds. The summed E-state index contributed by atoms with van der Waals surface area (Å²) < 4.78 is 0.922. The van der Waals surface area contributed by atoms with Gasteiger partial charge in [0, 0.05) is 6.04 Å². The highest BCUT2D eigenvalue weighted by atomic mass is 32.2. The summed E-state index contributed by atoms with van der Waals surface area (Å²) in [4.78, 5) is 23.4. The number of nitrogens with two attached hydrogens (primary N) is 1. The fourth-order valence-electron chi connectivity index (χ4n) is 1.79. The van der Waals surface area contributed by atoms with E-state index in [1.807, 2.05) is 6.92 Å². The van der Waals surface area contributed by atoms with E-state index < -0.39 is 5.56 Å². The third kappa shape index (κ3) is 5.74. The molecule has 1 atom stereocenters. The fourth-order valence-corrected chi connectivity index (χ4v) is 2.45. The van der Waals surface area contributed by atoms with Crippen molar-refractivity contribution in [2.24, 2.45) is 0 Å². The molecule has 1 heterocycles. The van der Waals surface area contributed by atoms with Crippen LogP contribution in [0, 0.1) is 6.92 Å². The van der Waals surface area contributed by atoms with Gasteiger partial charge in [0.1, 0.15) is 5.69 Å². The first kappa shape index (κ1) is 17.5. The lowest BCUT2D eigenvalue weighted by molar-refractivity contribution is -0.119. The number of aryl methyl sites for hydroxylation is 1. The van der Waals surface area contributed by atoms with Crippen molar-refractivity contribution < 1.29 is 4.79 Å². The van der Waals surface area contributed by atoms with Gasteiger partial charge in [-0.15, -0.1) is 10.2 Å². The van der Waals surface area contributed by atoms with Gasteiger partial charge in [-0.1, -0.05) is 37.9 Å². The number of carbonyl (C=O) groups excluding carboxylic acids is 1. The van der Waals surface area contributed by atoms with Gasteiger partial charge in [0.05, 0.1) is 5.75 Å². The third-order valence-electron chi connectivity index (χ3n) is 3.00. The summed E-state index contributed by atoms with van der Waals surface area (Å²) in [5.74, 6) is 5.66. The lowest BCUT2D eigenvalue weighted by Crippen LogP contribution is -2.35. The second kappa shape index (κ2) is 8.66. The second-order valence-corrected chi connectivity index (χ2v) is 5.94. The van der Waals surface area contributed by atoms with E-state index >= 15 is 0 Å². The van der Waals surface area contributed by atoms with Crippen LogP contribution >= 0.6 is 11.8 Å². The number of nitrogens with zero attached hydrogens (tertiary/aromatic N) is 3. The highest BCUT2D eigenvalue weighted by molar-refractivity contribution is 7.99. The van der Waals surface area contributed by atoms with E-state index in [0.717, 1.165) is 35.7 Å². The molecule has 0 aliphatic rings. The van der Waals surface area contributed by atoms with Gasteiger partial charge in [0.15, 0.2) is 0 Å². The standard InChI is InChI=1S/C13H23N5O2S/c1-4-5-6-7-9(2)15-11(19)8-21-13-17-16-10(3)12(20)18(13)14/h9H,4-8,14H2,1-3H3,(H,15,19)/t9-/m0/s1. The summed E-state index contributed by atoms with van der Waals surface area (Å²) in [6.07, 6.45) is 4.41. The number of thioether (sulfide) groups is 1. The Bertz CT molecular complexity index is 532. The van der Waals surface area contributed by atoms with Gasteiger partial charge in [0.2, 0.25) is 11.1 Å². The molecule has 118 valence electrons. The molecule has 0 aliphatic heterocycles. The van der Waals surface area contributed by atoms with Crippen LogP contribution in [-0.2, 0) is 4.79 Å². The Hall–Kier alpha value is -1.57. The summed E-state index contributed by atoms with van der Waals surface area (Å²) in [5, 5.41) is 10.7. The van der Waals surface area contributed by atoms with Crippen LogP contribution in [0.3, 0.4) is 0 Å². The van der Waals surface area contributed by atoms with Gasteiger partial charge in [-0.25, -0.2) is 0 Å². The molecule has 0 aromatic carbocycles. The number of nitrogens with one attached hydrogen (secondary N) is 1. The summed E-state index contributed by atoms with van der Waals surface area (Å²) in [7, 11) is 0. The van der Waals surface area contributed by atoms with Crippen molar-refractivity contribution >= 4 is 17.7 Å². The van der Waals surface area contributed by atoms with Crippen LogP contribution < -0.4 is 16.7 Å². The van der Waals surface area contributed by atoms with Crippen molar-refractivity contribution in [1.29, 1.82) is 0 Å². The average Bonchev–Trinajstić information content (AvgIpc) is 2.44. The highest BCUT2D eigenvalue weighted by Gasteiger charge is 2.11. The lowest BCUT2D eigenvalue weighted by atomic mass is 10.1. The molecule has 21 heavy (non-hydrogen) atoms. The quantitative estimate of drug-likeness (QED) is 0.419. The van der Waals surface area contributed by atoms with E-state index in [-0.39, 0.29) is 28.6 Å². The average molecular weight is 313 g/mol. The van der Waals surface area contributed by atoms with E-state index in [1.165, 1.54) is 13.3 Å².